The minimum Gasteiger partial charge on any atom is -0.369 e. The first-order chi connectivity index (χ1) is 6.24. The van der Waals surface area contributed by atoms with Crippen LogP contribution in [-0.2, 0) is 0 Å². The van der Waals surface area contributed by atoms with Gasteiger partial charge in [-0.2, -0.15) is 5.26 Å². The van der Waals surface area contributed by atoms with Crippen molar-refractivity contribution in [3.8, 4) is 6.19 Å². The van der Waals surface area contributed by atoms with Crippen LogP contribution in [0, 0.1) is 11.5 Å². The van der Waals surface area contributed by atoms with Crippen LogP contribution in [0.15, 0.2) is 22.5 Å². The number of guanidine groups is 1. The number of amides is 1. The summed E-state index contributed by atoms with van der Waals surface area (Å²) in [5.74, 6) is -0.549. The number of nitrogens with one attached hydrogen (secondary N) is 1. The van der Waals surface area contributed by atoms with Gasteiger partial charge in [-0.05, 0) is 11.4 Å². The first-order valence-corrected chi connectivity index (χ1v) is 4.19. The maximum atomic E-state index is 11.2. The van der Waals surface area contributed by atoms with Crippen molar-refractivity contribution in [2.75, 3.05) is 0 Å². The standard InChI is InChI=1S/C7H6N4OS/c8-4-10-7(9)11-6(12)5-2-1-3-13-5/h1-3H,(H3,9,10,11,12). The number of hydrogen-bond donors (Lipinski definition) is 2. The molecule has 0 radical (unpaired) electrons. The van der Waals surface area contributed by atoms with E-state index >= 15 is 0 Å². The molecule has 1 rings (SSSR count). The number of carbonyl (C=O) groups excluding carboxylic acids is 1. The number of nitriles is 1. The van der Waals surface area contributed by atoms with Crippen LogP contribution in [0.25, 0.3) is 0 Å². The SMILES string of the molecule is N#CN=C(N)NC(=O)c1cccs1. The van der Waals surface area contributed by atoms with E-state index in [-0.39, 0.29) is 11.9 Å². The normalized spacial score (nSPS) is 10.5. The molecular weight excluding hydrogens is 188 g/mol. The summed E-state index contributed by atoms with van der Waals surface area (Å²) in [6.07, 6.45) is 1.47. The first-order valence-electron chi connectivity index (χ1n) is 3.31. The van der Waals surface area contributed by atoms with E-state index in [0.717, 1.165) is 0 Å². The van der Waals surface area contributed by atoms with Crippen LogP contribution in [-0.4, -0.2) is 11.9 Å². The van der Waals surface area contributed by atoms with Gasteiger partial charge in [-0.3, -0.25) is 10.1 Å². The Labute approximate surface area is 78.5 Å². The van der Waals surface area contributed by atoms with Crippen molar-refractivity contribution in [1.82, 2.24) is 5.32 Å². The highest BCUT2D eigenvalue weighted by Gasteiger charge is 2.06. The van der Waals surface area contributed by atoms with Crippen molar-refractivity contribution in [2.24, 2.45) is 10.7 Å². The molecule has 0 saturated heterocycles. The van der Waals surface area contributed by atoms with Crippen molar-refractivity contribution in [1.29, 1.82) is 5.26 Å². The van der Waals surface area contributed by atoms with Gasteiger partial charge < -0.3 is 5.73 Å². The Kier molecular flexibility index (Phi) is 3.00. The van der Waals surface area contributed by atoms with E-state index in [1.807, 2.05) is 0 Å². The fourth-order valence-corrected chi connectivity index (χ4v) is 1.29. The number of hydrogen-bond acceptors (Lipinski definition) is 4. The minimum absolute atomic E-state index is 0.194. The van der Waals surface area contributed by atoms with Gasteiger partial charge >= 0.3 is 0 Å². The summed E-state index contributed by atoms with van der Waals surface area (Å²) in [5, 5.41) is 12.1. The topological polar surface area (TPSA) is 91.3 Å². The predicted molar refractivity (Wildman–Crippen MR) is 49.0 cm³/mol. The zero-order valence-corrected chi connectivity index (χ0v) is 7.34. The smallest absolute Gasteiger partial charge is 0.268 e. The highest BCUT2D eigenvalue weighted by Crippen LogP contribution is 2.07. The summed E-state index contributed by atoms with van der Waals surface area (Å²) < 4.78 is 0. The van der Waals surface area contributed by atoms with Gasteiger partial charge in [0.05, 0.1) is 4.88 Å². The summed E-state index contributed by atoms with van der Waals surface area (Å²) in [7, 11) is 0. The lowest BCUT2D eigenvalue weighted by Gasteiger charge is -1.98. The van der Waals surface area contributed by atoms with E-state index in [1.54, 1.807) is 17.5 Å². The number of carbonyl (C=O) groups is 1. The van der Waals surface area contributed by atoms with E-state index in [4.69, 9.17) is 11.0 Å². The molecule has 0 aliphatic carbocycles. The highest BCUT2D eigenvalue weighted by molar-refractivity contribution is 7.12. The molecule has 0 aliphatic heterocycles. The lowest BCUT2D eigenvalue weighted by Crippen LogP contribution is -2.36. The summed E-state index contributed by atoms with van der Waals surface area (Å²) in [5.41, 5.74) is 5.19. The fourth-order valence-electron chi connectivity index (χ4n) is 0.667. The second-order valence-corrected chi connectivity index (χ2v) is 2.98. The summed E-state index contributed by atoms with van der Waals surface area (Å²) in [6.45, 7) is 0. The second kappa shape index (κ2) is 4.23. The molecule has 6 heteroatoms. The Hall–Kier alpha value is -1.87. The molecular formula is C7H6N4OS. The molecule has 0 aromatic carbocycles. The van der Waals surface area contributed by atoms with E-state index in [2.05, 4.69) is 10.3 Å². The monoisotopic (exact) mass is 194 g/mol. The molecule has 66 valence electrons. The largest absolute Gasteiger partial charge is 0.369 e. The Morgan fingerprint density at radius 1 is 1.77 bits per heavy atom. The second-order valence-electron chi connectivity index (χ2n) is 2.03. The molecule has 13 heavy (non-hydrogen) atoms. The van der Waals surface area contributed by atoms with Crippen LogP contribution in [0.3, 0.4) is 0 Å². The van der Waals surface area contributed by atoms with Gasteiger partial charge in [0.1, 0.15) is 0 Å². The van der Waals surface area contributed by atoms with Crippen LogP contribution in [0.2, 0.25) is 0 Å². The third-order valence-electron chi connectivity index (χ3n) is 1.16. The molecule has 0 unspecified atom stereocenters. The fraction of sp³-hybridized carbons (Fsp3) is 0. The van der Waals surface area contributed by atoms with E-state index < -0.39 is 0 Å². The minimum atomic E-state index is -0.355. The molecule has 3 N–H and O–H groups in total. The lowest BCUT2D eigenvalue weighted by molar-refractivity contribution is 0.0980. The van der Waals surface area contributed by atoms with Crippen molar-refractivity contribution in [2.45, 2.75) is 0 Å². The summed E-state index contributed by atoms with van der Waals surface area (Å²) in [4.78, 5) is 14.9. The van der Waals surface area contributed by atoms with Gasteiger partial charge in [0.25, 0.3) is 5.91 Å². The third-order valence-corrected chi connectivity index (χ3v) is 2.03. The first kappa shape index (κ1) is 9.22. The van der Waals surface area contributed by atoms with Gasteiger partial charge in [-0.25, -0.2) is 0 Å². The maximum absolute atomic E-state index is 11.2. The molecule has 0 bridgehead atoms. The number of nitrogens with zero attached hydrogens (tertiary/aromatic N) is 2. The Bertz CT molecular complexity index is 362. The zero-order chi connectivity index (χ0) is 9.68. The molecule has 0 fully saturated rings. The van der Waals surface area contributed by atoms with Gasteiger partial charge in [0.15, 0.2) is 0 Å². The number of aliphatic imine (C=N–C) groups is 1. The molecule has 0 aliphatic rings. The summed E-state index contributed by atoms with van der Waals surface area (Å²) >= 11 is 1.29. The van der Waals surface area contributed by atoms with Gasteiger partial charge in [0, 0.05) is 0 Å². The predicted octanol–water partition coefficient (Wildman–Crippen LogP) is 0.274. The quantitative estimate of drug-likeness (QED) is 0.382. The van der Waals surface area contributed by atoms with Crippen molar-refractivity contribution >= 4 is 23.2 Å². The number of thiophene rings is 1. The molecule has 1 amide bonds. The molecule has 0 atom stereocenters. The average molecular weight is 194 g/mol. The Morgan fingerprint density at radius 3 is 3.08 bits per heavy atom. The number of rotatable bonds is 1. The van der Waals surface area contributed by atoms with Crippen molar-refractivity contribution in [3.63, 3.8) is 0 Å². The van der Waals surface area contributed by atoms with Gasteiger partial charge in [0.2, 0.25) is 12.2 Å². The van der Waals surface area contributed by atoms with Gasteiger partial charge in [-0.15, -0.1) is 16.3 Å². The van der Waals surface area contributed by atoms with Crippen LogP contribution in [0.4, 0.5) is 0 Å². The molecule has 0 saturated carbocycles. The molecule has 1 heterocycles. The van der Waals surface area contributed by atoms with E-state index in [0.29, 0.717) is 4.88 Å². The van der Waals surface area contributed by atoms with Crippen molar-refractivity contribution < 1.29 is 4.79 Å². The van der Waals surface area contributed by atoms with Gasteiger partial charge in [-0.1, -0.05) is 6.07 Å². The van der Waals surface area contributed by atoms with Crippen molar-refractivity contribution in [3.05, 3.63) is 22.4 Å². The van der Waals surface area contributed by atoms with E-state index in [9.17, 15) is 4.79 Å². The van der Waals surface area contributed by atoms with Crippen LogP contribution in [0.1, 0.15) is 9.67 Å². The molecule has 5 nitrogen and oxygen atoms in total. The lowest BCUT2D eigenvalue weighted by atomic mass is 10.4. The Balaban J connectivity index is 2.63. The van der Waals surface area contributed by atoms with E-state index in [1.165, 1.54) is 17.5 Å². The Morgan fingerprint density at radius 2 is 2.54 bits per heavy atom. The maximum Gasteiger partial charge on any atom is 0.268 e. The average Bonchev–Trinajstić information content (AvgIpc) is 2.55. The highest BCUT2D eigenvalue weighted by atomic mass is 32.1. The van der Waals surface area contributed by atoms with Crippen LogP contribution < -0.4 is 11.1 Å². The third kappa shape index (κ3) is 2.57. The van der Waals surface area contributed by atoms with Crippen LogP contribution >= 0.6 is 11.3 Å². The molecule has 0 spiro atoms. The molecule has 1 aromatic rings. The molecule has 1 aromatic heterocycles. The zero-order valence-electron chi connectivity index (χ0n) is 6.52. The number of nitrogens with two attached hydrogens (primary N) is 1. The van der Waals surface area contributed by atoms with Crippen LogP contribution in [0.5, 0.6) is 0 Å². The summed E-state index contributed by atoms with van der Waals surface area (Å²) in [6, 6.07) is 3.40.